The first-order valence-electron chi connectivity index (χ1n) is 9.15. The van der Waals surface area contributed by atoms with E-state index in [9.17, 15) is 13.2 Å². The van der Waals surface area contributed by atoms with Crippen LogP contribution in [-0.2, 0) is 21.5 Å². The number of hydrogen-bond acceptors (Lipinski definition) is 7. The lowest BCUT2D eigenvalue weighted by Crippen LogP contribution is -2.30. The SMILES string of the molecule is O=C1/C(=C2\Oc3ccccc3N2CCCS(=O)(=O)O)SC(=S)N1Cc1ccccc1. The Morgan fingerprint density at radius 1 is 1.03 bits per heavy atom. The lowest BCUT2D eigenvalue weighted by atomic mass is 10.2. The first-order valence-corrected chi connectivity index (χ1v) is 12.0. The quantitative estimate of drug-likeness (QED) is 0.397. The fourth-order valence-corrected chi connectivity index (χ4v) is 5.02. The number of nitrogens with zero attached hydrogens (tertiary/aromatic N) is 2. The largest absolute Gasteiger partial charge is 0.437 e. The molecule has 10 heteroatoms. The number of anilines is 1. The van der Waals surface area contributed by atoms with Crippen LogP contribution in [0.5, 0.6) is 5.75 Å². The van der Waals surface area contributed by atoms with Crippen molar-refractivity contribution in [3.05, 3.63) is 70.9 Å². The first-order chi connectivity index (χ1) is 14.3. The van der Waals surface area contributed by atoms with Crippen molar-refractivity contribution in [2.45, 2.75) is 13.0 Å². The molecular formula is C20H18N2O5S3. The van der Waals surface area contributed by atoms with E-state index in [1.165, 1.54) is 4.90 Å². The topological polar surface area (TPSA) is 87.1 Å². The maximum atomic E-state index is 13.2. The predicted octanol–water partition coefficient (Wildman–Crippen LogP) is 3.39. The van der Waals surface area contributed by atoms with Crippen LogP contribution in [0.15, 0.2) is 65.4 Å². The number of hydrogen-bond donors (Lipinski definition) is 1. The van der Waals surface area contributed by atoms with Crippen LogP contribution in [0.1, 0.15) is 12.0 Å². The third kappa shape index (κ3) is 4.36. The number of thioether (sulfide) groups is 1. The number of benzene rings is 2. The van der Waals surface area contributed by atoms with E-state index >= 15 is 0 Å². The molecule has 2 aliphatic heterocycles. The van der Waals surface area contributed by atoms with Crippen molar-refractivity contribution in [3.63, 3.8) is 0 Å². The summed E-state index contributed by atoms with van der Waals surface area (Å²) >= 11 is 6.60. The molecule has 0 saturated carbocycles. The number of carbonyl (C=O) groups excluding carboxylic acids is 1. The van der Waals surface area contributed by atoms with Crippen molar-refractivity contribution in [2.75, 3.05) is 17.2 Å². The zero-order valence-corrected chi connectivity index (χ0v) is 18.2. The Kier molecular flexibility index (Phi) is 5.83. The average Bonchev–Trinajstić information content (AvgIpc) is 3.20. The number of ether oxygens (including phenoxy) is 1. The molecule has 2 aliphatic rings. The molecule has 0 atom stereocenters. The summed E-state index contributed by atoms with van der Waals surface area (Å²) in [6.45, 7) is 0.618. The molecule has 2 aromatic rings. The van der Waals surface area contributed by atoms with Gasteiger partial charge in [0.15, 0.2) is 5.75 Å². The molecule has 1 saturated heterocycles. The van der Waals surface area contributed by atoms with E-state index in [0.29, 0.717) is 27.4 Å². The maximum absolute atomic E-state index is 13.2. The van der Waals surface area contributed by atoms with Gasteiger partial charge in [-0.2, -0.15) is 8.42 Å². The van der Waals surface area contributed by atoms with E-state index in [-0.39, 0.29) is 24.6 Å². The highest BCUT2D eigenvalue weighted by atomic mass is 32.2. The molecule has 1 amide bonds. The van der Waals surface area contributed by atoms with Crippen LogP contribution in [0.4, 0.5) is 5.69 Å². The van der Waals surface area contributed by atoms with Gasteiger partial charge in [-0.05, 0) is 35.9 Å². The Bertz CT molecular complexity index is 1130. The van der Waals surface area contributed by atoms with E-state index in [2.05, 4.69) is 0 Å². The van der Waals surface area contributed by atoms with Gasteiger partial charge in [-0.3, -0.25) is 14.2 Å². The fraction of sp³-hybridized carbons (Fsp3) is 0.200. The summed E-state index contributed by atoms with van der Waals surface area (Å²) in [6, 6.07) is 16.8. The fourth-order valence-electron chi connectivity index (χ4n) is 3.26. The molecule has 0 bridgehead atoms. The highest BCUT2D eigenvalue weighted by Gasteiger charge is 2.40. The highest BCUT2D eigenvalue weighted by Crippen LogP contribution is 2.44. The smallest absolute Gasteiger partial charge is 0.271 e. The van der Waals surface area contributed by atoms with Gasteiger partial charge in [0.25, 0.3) is 16.0 Å². The van der Waals surface area contributed by atoms with Gasteiger partial charge >= 0.3 is 0 Å². The van der Waals surface area contributed by atoms with Crippen molar-refractivity contribution in [1.82, 2.24) is 4.90 Å². The second-order valence-corrected chi connectivity index (χ2v) is 9.96. The van der Waals surface area contributed by atoms with E-state index < -0.39 is 10.1 Å². The Balaban J connectivity index is 1.63. The highest BCUT2D eigenvalue weighted by molar-refractivity contribution is 8.26. The van der Waals surface area contributed by atoms with Gasteiger partial charge in [-0.15, -0.1) is 0 Å². The first kappa shape index (κ1) is 20.9. The number of para-hydroxylation sites is 2. The molecule has 7 nitrogen and oxygen atoms in total. The van der Waals surface area contributed by atoms with Gasteiger partial charge in [-0.1, -0.05) is 54.7 Å². The summed E-state index contributed by atoms with van der Waals surface area (Å²) in [4.78, 5) is 16.8. The Morgan fingerprint density at radius 2 is 1.73 bits per heavy atom. The lowest BCUT2D eigenvalue weighted by molar-refractivity contribution is -0.122. The van der Waals surface area contributed by atoms with Gasteiger partial charge in [0, 0.05) is 6.54 Å². The second kappa shape index (κ2) is 8.38. The molecule has 2 heterocycles. The van der Waals surface area contributed by atoms with Crippen LogP contribution in [-0.4, -0.2) is 40.4 Å². The molecule has 156 valence electrons. The van der Waals surface area contributed by atoms with E-state index in [1.807, 2.05) is 48.5 Å². The summed E-state index contributed by atoms with van der Waals surface area (Å²) in [5, 5.41) is 0. The molecule has 0 radical (unpaired) electrons. The van der Waals surface area contributed by atoms with E-state index in [0.717, 1.165) is 23.0 Å². The number of amides is 1. The zero-order chi connectivity index (χ0) is 21.3. The molecule has 0 unspecified atom stereocenters. The van der Waals surface area contributed by atoms with Crippen molar-refractivity contribution in [3.8, 4) is 5.75 Å². The average molecular weight is 463 g/mol. The van der Waals surface area contributed by atoms with Crippen molar-refractivity contribution >= 4 is 50.0 Å². The third-order valence-electron chi connectivity index (χ3n) is 4.62. The van der Waals surface area contributed by atoms with Crippen LogP contribution < -0.4 is 9.64 Å². The molecule has 30 heavy (non-hydrogen) atoms. The van der Waals surface area contributed by atoms with Crippen molar-refractivity contribution in [1.29, 1.82) is 0 Å². The van der Waals surface area contributed by atoms with Crippen LogP contribution in [0.2, 0.25) is 0 Å². The number of fused-ring (bicyclic) bond motifs is 1. The predicted molar refractivity (Wildman–Crippen MR) is 120 cm³/mol. The molecule has 2 aromatic carbocycles. The lowest BCUT2D eigenvalue weighted by Gasteiger charge is -2.19. The minimum Gasteiger partial charge on any atom is -0.437 e. The van der Waals surface area contributed by atoms with Gasteiger partial charge in [0.05, 0.1) is 18.0 Å². The monoisotopic (exact) mass is 462 g/mol. The summed E-state index contributed by atoms with van der Waals surface area (Å²) in [6.07, 6.45) is 0.171. The molecule has 0 aromatic heterocycles. The van der Waals surface area contributed by atoms with Crippen molar-refractivity contribution < 1.29 is 22.5 Å². The van der Waals surface area contributed by atoms with Crippen molar-refractivity contribution in [2.24, 2.45) is 0 Å². The molecule has 1 fully saturated rings. The number of rotatable bonds is 6. The van der Waals surface area contributed by atoms with Gasteiger partial charge in [0.1, 0.15) is 9.23 Å². The maximum Gasteiger partial charge on any atom is 0.271 e. The number of carbonyl (C=O) groups is 1. The minimum atomic E-state index is -4.08. The molecule has 1 N–H and O–H groups in total. The van der Waals surface area contributed by atoms with Gasteiger partial charge < -0.3 is 9.64 Å². The summed E-state index contributed by atoms with van der Waals surface area (Å²) in [5.41, 5.74) is 1.69. The van der Waals surface area contributed by atoms with Gasteiger partial charge in [0.2, 0.25) is 5.88 Å². The minimum absolute atomic E-state index is 0.171. The Labute approximate surface area is 184 Å². The standard InChI is InChI=1S/C20H18N2O5S3/c23-18-17(29-20(28)22(18)13-14-7-2-1-3-8-14)19-21(11-6-12-30(24,25)26)15-9-4-5-10-16(15)27-19/h1-5,7-10H,6,11-13H2,(H,24,25,26)/b19-17+. The molecule has 0 aliphatic carbocycles. The molecule has 4 rings (SSSR count). The van der Waals surface area contributed by atoms with Gasteiger partial charge in [-0.25, -0.2) is 0 Å². The molecular weight excluding hydrogens is 444 g/mol. The second-order valence-electron chi connectivity index (χ2n) is 6.74. The normalized spacial score (nSPS) is 18.7. The zero-order valence-electron chi connectivity index (χ0n) is 15.7. The number of thiocarbonyl (C=S) groups is 1. The Hall–Kier alpha value is -2.40. The Morgan fingerprint density at radius 3 is 2.47 bits per heavy atom. The van der Waals surface area contributed by atoms with E-state index in [4.69, 9.17) is 21.5 Å². The van der Waals surface area contributed by atoms with Crippen LogP contribution in [0, 0.1) is 0 Å². The summed E-state index contributed by atoms with van der Waals surface area (Å²) in [7, 11) is -4.08. The van der Waals surface area contributed by atoms with E-state index in [1.54, 1.807) is 11.0 Å². The summed E-state index contributed by atoms with van der Waals surface area (Å²) in [5.74, 6) is 0.275. The summed E-state index contributed by atoms with van der Waals surface area (Å²) < 4.78 is 37.7. The molecule has 0 spiro atoms. The van der Waals surface area contributed by atoms with Crippen LogP contribution >= 0.6 is 24.0 Å². The van der Waals surface area contributed by atoms with Crippen LogP contribution in [0.25, 0.3) is 0 Å². The third-order valence-corrected chi connectivity index (χ3v) is 6.84. The van der Waals surface area contributed by atoms with Crippen LogP contribution in [0.3, 0.4) is 0 Å².